The number of piperazine rings is 1. The van der Waals surface area contributed by atoms with E-state index in [0.29, 0.717) is 31.0 Å². The van der Waals surface area contributed by atoms with E-state index in [0.717, 1.165) is 19.6 Å². The van der Waals surface area contributed by atoms with Crippen LogP contribution in [0.5, 0.6) is 5.75 Å². The Labute approximate surface area is 139 Å². The molecule has 0 unspecified atom stereocenters. The summed E-state index contributed by atoms with van der Waals surface area (Å²) in [4.78, 5) is 17.2. The SMILES string of the molecule is C[C@@H]1CN(c2noc(C3(C)COC3)n2)CCN1c1ncc(O)cn1. The molecule has 2 aliphatic rings. The molecule has 0 aromatic carbocycles. The van der Waals surface area contributed by atoms with Crippen molar-refractivity contribution in [1.82, 2.24) is 20.1 Å². The van der Waals surface area contributed by atoms with E-state index in [1.165, 1.54) is 12.4 Å². The second-order valence-corrected chi connectivity index (χ2v) is 6.68. The molecule has 2 saturated heterocycles. The van der Waals surface area contributed by atoms with E-state index < -0.39 is 0 Å². The van der Waals surface area contributed by atoms with Gasteiger partial charge in [0.25, 0.3) is 5.95 Å². The van der Waals surface area contributed by atoms with Crippen LogP contribution in [0.4, 0.5) is 11.9 Å². The molecule has 1 atom stereocenters. The van der Waals surface area contributed by atoms with Gasteiger partial charge in [-0.15, -0.1) is 0 Å². The third kappa shape index (κ3) is 2.54. The lowest BCUT2D eigenvalue weighted by atomic mass is 9.89. The van der Waals surface area contributed by atoms with Gasteiger partial charge in [0.05, 0.1) is 31.0 Å². The van der Waals surface area contributed by atoms with Gasteiger partial charge in [0, 0.05) is 25.7 Å². The molecule has 9 heteroatoms. The smallest absolute Gasteiger partial charge is 0.266 e. The lowest BCUT2D eigenvalue weighted by Gasteiger charge is -2.39. The molecule has 24 heavy (non-hydrogen) atoms. The number of anilines is 2. The third-order valence-corrected chi connectivity index (χ3v) is 4.56. The van der Waals surface area contributed by atoms with Crippen molar-refractivity contribution >= 4 is 11.9 Å². The average molecular weight is 332 g/mol. The van der Waals surface area contributed by atoms with Crippen LogP contribution in [-0.2, 0) is 10.2 Å². The molecular formula is C15H20N6O3. The van der Waals surface area contributed by atoms with Gasteiger partial charge in [-0.25, -0.2) is 9.97 Å². The summed E-state index contributed by atoms with van der Waals surface area (Å²) in [6.45, 7) is 7.66. The number of hydrogen-bond donors (Lipinski definition) is 1. The summed E-state index contributed by atoms with van der Waals surface area (Å²) >= 11 is 0. The Morgan fingerprint density at radius 1 is 1.21 bits per heavy atom. The van der Waals surface area contributed by atoms with Crippen molar-refractivity contribution in [2.24, 2.45) is 0 Å². The molecular weight excluding hydrogens is 312 g/mol. The maximum absolute atomic E-state index is 9.32. The van der Waals surface area contributed by atoms with Crippen molar-refractivity contribution in [2.75, 3.05) is 42.6 Å². The number of nitrogens with zero attached hydrogens (tertiary/aromatic N) is 6. The van der Waals surface area contributed by atoms with Gasteiger partial charge in [-0.1, -0.05) is 0 Å². The Kier molecular flexibility index (Phi) is 3.52. The fraction of sp³-hybridized carbons (Fsp3) is 0.600. The van der Waals surface area contributed by atoms with Gasteiger partial charge in [0.15, 0.2) is 5.75 Å². The van der Waals surface area contributed by atoms with E-state index in [-0.39, 0.29) is 17.2 Å². The van der Waals surface area contributed by atoms with Crippen LogP contribution in [0.3, 0.4) is 0 Å². The Balaban J connectivity index is 1.45. The van der Waals surface area contributed by atoms with Crippen LogP contribution in [0.25, 0.3) is 0 Å². The first-order valence-electron chi connectivity index (χ1n) is 8.00. The molecule has 2 aromatic heterocycles. The van der Waals surface area contributed by atoms with Gasteiger partial charge >= 0.3 is 0 Å². The van der Waals surface area contributed by atoms with E-state index in [1.54, 1.807) is 0 Å². The number of aromatic hydroxyl groups is 1. The minimum atomic E-state index is -0.154. The highest BCUT2D eigenvalue weighted by molar-refractivity contribution is 5.39. The molecule has 2 aliphatic heterocycles. The van der Waals surface area contributed by atoms with Crippen molar-refractivity contribution in [3.8, 4) is 5.75 Å². The molecule has 0 bridgehead atoms. The minimum absolute atomic E-state index is 0.0674. The van der Waals surface area contributed by atoms with Crippen LogP contribution in [0, 0.1) is 0 Å². The molecule has 0 radical (unpaired) electrons. The quantitative estimate of drug-likeness (QED) is 0.864. The summed E-state index contributed by atoms with van der Waals surface area (Å²) in [5, 5.41) is 13.5. The summed E-state index contributed by atoms with van der Waals surface area (Å²) in [6.07, 6.45) is 2.82. The van der Waals surface area contributed by atoms with Crippen molar-refractivity contribution in [2.45, 2.75) is 25.3 Å². The predicted octanol–water partition coefficient (Wildman–Crippen LogP) is 0.568. The largest absolute Gasteiger partial charge is 0.505 e. The van der Waals surface area contributed by atoms with Gasteiger partial charge in [0.2, 0.25) is 11.8 Å². The first-order chi connectivity index (χ1) is 11.5. The monoisotopic (exact) mass is 332 g/mol. The van der Waals surface area contributed by atoms with E-state index in [9.17, 15) is 5.11 Å². The molecule has 0 amide bonds. The molecule has 4 heterocycles. The van der Waals surface area contributed by atoms with E-state index in [2.05, 4.69) is 43.8 Å². The third-order valence-electron chi connectivity index (χ3n) is 4.56. The second kappa shape index (κ2) is 5.59. The summed E-state index contributed by atoms with van der Waals surface area (Å²) < 4.78 is 10.7. The van der Waals surface area contributed by atoms with Gasteiger partial charge in [-0.3, -0.25) is 0 Å². The normalized spacial score (nSPS) is 23.2. The Morgan fingerprint density at radius 3 is 2.58 bits per heavy atom. The van der Waals surface area contributed by atoms with Crippen molar-refractivity contribution in [3.05, 3.63) is 18.3 Å². The summed E-state index contributed by atoms with van der Waals surface area (Å²) in [5.74, 6) is 1.95. The van der Waals surface area contributed by atoms with Gasteiger partial charge in [-0.2, -0.15) is 4.98 Å². The van der Waals surface area contributed by atoms with Crippen molar-refractivity contribution in [1.29, 1.82) is 0 Å². The molecule has 0 aliphatic carbocycles. The number of ether oxygens (including phenoxy) is 1. The van der Waals surface area contributed by atoms with E-state index >= 15 is 0 Å². The zero-order valence-corrected chi connectivity index (χ0v) is 13.7. The van der Waals surface area contributed by atoms with E-state index in [1.807, 2.05) is 0 Å². The minimum Gasteiger partial charge on any atom is -0.505 e. The zero-order chi connectivity index (χ0) is 16.7. The van der Waals surface area contributed by atoms with Crippen LogP contribution in [0.2, 0.25) is 0 Å². The van der Waals surface area contributed by atoms with Crippen molar-refractivity contribution < 1.29 is 14.4 Å². The van der Waals surface area contributed by atoms with Crippen LogP contribution in [0.1, 0.15) is 19.7 Å². The molecule has 9 nitrogen and oxygen atoms in total. The summed E-state index contributed by atoms with van der Waals surface area (Å²) in [5.41, 5.74) is -0.154. The van der Waals surface area contributed by atoms with E-state index in [4.69, 9.17) is 9.26 Å². The first-order valence-corrected chi connectivity index (χ1v) is 8.00. The highest BCUT2D eigenvalue weighted by atomic mass is 16.5. The fourth-order valence-electron chi connectivity index (χ4n) is 3.02. The zero-order valence-electron chi connectivity index (χ0n) is 13.7. The standard InChI is InChI=1S/C15H20N6O3/c1-10-7-20(3-4-21(10)13-16-5-11(22)6-17-13)14-18-12(24-19-14)15(2)8-23-9-15/h5-6,10,22H,3-4,7-9H2,1-2H3/t10-/m1/s1. The fourth-order valence-corrected chi connectivity index (χ4v) is 3.02. The molecule has 2 fully saturated rings. The lowest BCUT2D eigenvalue weighted by molar-refractivity contribution is -0.0644. The molecule has 1 N–H and O–H groups in total. The molecule has 2 aromatic rings. The first kappa shape index (κ1) is 15.1. The highest BCUT2D eigenvalue weighted by Gasteiger charge is 2.41. The van der Waals surface area contributed by atoms with Crippen molar-refractivity contribution in [3.63, 3.8) is 0 Å². The van der Waals surface area contributed by atoms with Gasteiger partial charge in [-0.05, 0) is 19.0 Å². The number of rotatable bonds is 3. The average Bonchev–Trinajstić information content (AvgIpc) is 3.04. The van der Waals surface area contributed by atoms with Crippen LogP contribution in [0.15, 0.2) is 16.9 Å². The van der Waals surface area contributed by atoms with Gasteiger partial charge in [0.1, 0.15) is 0 Å². The predicted molar refractivity (Wildman–Crippen MR) is 85.2 cm³/mol. The van der Waals surface area contributed by atoms with Gasteiger partial charge < -0.3 is 24.2 Å². The molecule has 0 spiro atoms. The highest BCUT2D eigenvalue weighted by Crippen LogP contribution is 2.31. The van der Waals surface area contributed by atoms with Crippen LogP contribution < -0.4 is 9.80 Å². The molecule has 4 rings (SSSR count). The van der Waals surface area contributed by atoms with Crippen LogP contribution in [-0.4, -0.2) is 64.1 Å². The molecule has 0 saturated carbocycles. The number of aromatic nitrogens is 4. The maximum atomic E-state index is 9.32. The lowest BCUT2D eigenvalue weighted by Crippen LogP contribution is -2.53. The Bertz CT molecular complexity index is 714. The summed E-state index contributed by atoms with van der Waals surface area (Å²) in [7, 11) is 0. The van der Waals surface area contributed by atoms with Crippen LogP contribution >= 0.6 is 0 Å². The molecule has 128 valence electrons. The number of hydrogen-bond acceptors (Lipinski definition) is 9. The maximum Gasteiger partial charge on any atom is 0.266 e. The Morgan fingerprint density at radius 2 is 1.96 bits per heavy atom. The topological polar surface area (TPSA) is 101 Å². The second-order valence-electron chi connectivity index (χ2n) is 6.68. The Hall–Kier alpha value is -2.42. The summed E-state index contributed by atoms with van der Waals surface area (Å²) in [6, 6.07) is 0.188.